The lowest BCUT2D eigenvalue weighted by Gasteiger charge is -2.22. The molecule has 0 radical (unpaired) electrons. The fourth-order valence-electron chi connectivity index (χ4n) is 4.00. The van der Waals surface area contributed by atoms with E-state index in [-0.39, 0.29) is 23.0 Å². The van der Waals surface area contributed by atoms with Gasteiger partial charge in [0.2, 0.25) is 0 Å². The Labute approximate surface area is 199 Å². The van der Waals surface area contributed by atoms with Crippen LogP contribution in [0.1, 0.15) is 52.8 Å². The van der Waals surface area contributed by atoms with E-state index in [4.69, 9.17) is 12.2 Å². The highest BCUT2D eigenvalue weighted by molar-refractivity contribution is 7.80. The molecule has 33 heavy (non-hydrogen) atoms. The standard InChI is InChI=1S/C27H27N3O2S/c31-25(28-23-9-5-2-6-10-23)22-15-17-24(18-16-22)29-27(33)30-26(32)21-13-11-20(12-14-21)19-7-3-1-4-8-19/h1,3-4,7-8,11-18,23H,2,5-6,9-10H2,(H,28,31)(H2,29,30,32,33). The summed E-state index contributed by atoms with van der Waals surface area (Å²) in [6, 6.07) is 24.7. The van der Waals surface area contributed by atoms with E-state index in [1.54, 1.807) is 36.4 Å². The number of nitrogens with one attached hydrogen (secondary N) is 3. The van der Waals surface area contributed by atoms with Crippen molar-refractivity contribution in [1.82, 2.24) is 10.6 Å². The largest absolute Gasteiger partial charge is 0.349 e. The van der Waals surface area contributed by atoms with Gasteiger partial charge in [0.05, 0.1) is 0 Å². The van der Waals surface area contributed by atoms with E-state index in [0.717, 1.165) is 24.0 Å². The average molecular weight is 458 g/mol. The van der Waals surface area contributed by atoms with Crippen LogP contribution < -0.4 is 16.0 Å². The third-order valence-electron chi connectivity index (χ3n) is 5.83. The van der Waals surface area contributed by atoms with Gasteiger partial charge in [0.15, 0.2) is 5.11 Å². The van der Waals surface area contributed by atoms with Crippen LogP contribution in [0.2, 0.25) is 0 Å². The molecule has 1 aliphatic carbocycles. The Balaban J connectivity index is 1.29. The van der Waals surface area contributed by atoms with Crippen LogP contribution in [0.3, 0.4) is 0 Å². The maximum atomic E-state index is 12.5. The van der Waals surface area contributed by atoms with Gasteiger partial charge in [0.1, 0.15) is 0 Å². The minimum absolute atomic E-state index is 0.0525. The van der Waals surface area contributed by atoms with Crippen LogP contribution in [0.4, 0.5) is 5.69 Å². The number of carbonyl (C=O) groups is 2. The zero-order valence-corrected chi connectivity index (χ0v) is 19.2. The van der Waals surface area contributed by atoms with E-state index in [0.29, 0.717) is 16.8 Å². The van der Waals surface area contributed by atoms with Gasteiger partial charge in [0.25, 0.3) is 11.8 Å². The summed E-state index contributed by atoms with van der Waals surface area (Å²) in [6.45, 7) is 0. The van der Waals surface area contributed by atoms with Crippen molar-refractivity contribution in [2.45, 2.75) is 38.1 Å². The Morgan fingerprint density at radius 3 is 1.94 bits per heavy atom. The van der Waals surface area contributed by atoms with Crippen LogP contribution in [-0.2, 0) is 0 Å². The number of anilines is 1. The number of amides is 2. The van der Waals surface area contributed by atoms with Crippen LogP contribution in [-0.4, -0.2) is 23.0 Å². The van der Waals surface area contributed by atoms with E-state index in [1.165, 1.54) is 19.3 Å². The first-order chi connectivity index (χ1) is 16.1. The second kappa shape index (κ2) is 10.9. The minimum atomic E-state index is -0.282. The summed E-state index contributed by atoms with van der Waals surface area (Å²) < 4.78 is 0. The van der Waals surface area contributed by atoms with Gasteiger partial charge in [-0.05, 0) is 72.6 Å². The molecule has 168 valence electrons. The molecule has 0 unspecified atom stereocenters. The molecular formula is C27H27N3O2S. The Bertz CT molecular complexity index is 1110. The molecule has 5 nitrogen and oxygen atoms in total. The van der Waals surface area contributed by atoms with Crippen LogP contribution in [0.25, 0.3) is 11.1 Å². The number of hydrogen-bond acceptors (Lipinski definition) is 3. The van der Waals surface area contributed by atoms with E-state index in [9.17, 15) is 9.59 Å². The summed E-state index contributed by atoms with van der Waals surface area (Å²) in [5.74, 6) is -0.334. The van der Waals surface area contributed by atoms with Crippen LogP contribution in [0, 0.1) is 0 Å². The first-order valence-electron chi connectivity index (χ1n) is 11.3. The van der Waals surface area contributed by atoms with Crippen LogP contribution in [0.5, 0.6) is 0 Å². The fourth-order valence-corrected chi connectivity index (χ4v) is 4.21. The Morgan fingerprint density at radius 1 is 0.697 bits per heavy atom. The lowest BCUT2D eigenvalue weighted by Crippen LogP contribution is -2.36. The molecule has 0 saturated heterocycles. The summed E-state index contributed by atoms with van der Waals surface area (Å²) in [5.41, 5.74) is 3.97. The summed E-state index contributed by atoms with van der Waals surface area (Å²) in [5, 5.41) is 9.01. The normalized spacial score (nSPS) is 13.7. The zero-order valence-electron chi connectivity index (χ0n) is 18.3. The SMILES string of the molecule is O=C(NC(=S)Nc1ccc(C(=O)NC2CCCCC2)cc1)c1ccc(-c2ccccc2)cc1. The van der Waals surface area contributed by atoms with Gasteiger partial charge in [-0.15, -0.1) is 0 Å². The Hall–Kier alpha value is -3.51. The average Bonchev–Trinajstić information content (AvgIpc) is 2.85. The van der Waals surface area contributed by atoms with Gasteiger partial charge in [-0.1, -0.05) is 61.7 Å². The molecule has 1 saturated carbocycles. The quantitative estimate of drug-likeness (QED) is 0.440. The predicted octanol–water partition coefficient (Wildman–Crippen LogP) is 5.54. The smallest absolute Gasteiger partial charge is 0.257 e. The van der Waals surface area contributed by atoms with Gasteiger partial charge < -0.3 is 10.6 Å². The molecule has 0 spiro atoms. The molecule has 3 aromatic rings. The molecular weight excluding hydrogens is 430 g/mol. The third kappa shape index (κ3) is 6.26. The molecule has 0 heterocycles. The Morgan fingerprint density at radius 2 is 1.27 bits per heavy atom. The van der Waals surface area contributed by atoms with E-state index < -0.39 is 0 Å². The third-order valence-corrected chi connectivity index (χ3v) is 6.03. The first kappa shape index (κ1) is 22.7. The molecule has 3 aromatic carbocycles. The second-order valence-electron chi connectivity index (χ2n) is 8.24. The molecule has 0 aromatic heterocycles. The highest BCUT2D eigenvalue weighted by Gasteiger charge is 2.16. The number of rotatable bonds is 5. The van der Waals surface area contributed by atoms with Crippen molar-refractivity contribution in [3.05, 3.63) is 90.0 Å². The van der Waals surface area contributed by atoms with Gasteiger partial charge in [0, 0.05) is 22.9 Å². The second-order valence-corrected chi connectivity index (χ2v) is 8.65. The van der Waals surface area contributed by atoms with Crippen molar-refractivity contribution in [1.29, 1.82) is 0 Å². The van der Waals surface area contributed by atoms with Crippen LogP contribution in [0.15, 0.2) is 78.9 Å². The lowest BCUT2D eigenvalue weighted by molar-refractivity contribution is 0.0926. The maximum absolute atomic E-state index is 12.5. The number of carbonyl (C=O) groups excluding carboxylic acids is 2. The lowest BCUT2D eigenvalue weighted by atomic mass is 9.95. The molecule has 0 aliphatic heterocycles. The summed E-state index contributed by atoms with van der Waals surface area (Å²) in [6.07, 6.45) is 5.70. The van der Waals surface area contributed by atoms with Crippen molar-refractivity contribution in [2.75, 3.05) is 5.32 Å². The molecule has 1 aliphatic rings. The van der Waals surface area contributed by atoms with Crippen molar-refractivity contribution >= 4 is 34.8 Å². The maximum Gasteiger partial charge on any atom is 0.257 e. The molecule has 2 amide bonds. The van der Waals surface area contributed by atoms with Gasteiger partial charge >= 0.3 is 0 Å². The van der Waals surface area contributed by atoms with Crippen molar-refractivity contribution in [3.63, 3.8) is 0 Å². The van der Waals surface area contributed by atoms with Crippen LogP contribution >= 0.6 is 12.2 Å². The van der Waals surface area contributed by atoms with E-state index >= 15 is 0 Å². The Kier molecular flexibility index (Phi) is 7.47. The fraction of sp³-hybridized carbons (Fsp3) is 0.222. The summed E-state index contributed by atoms with van der Waals surface area (Å²) in [7, 11) is 0. The van der Waals surface area contributed by atoms with Gasteiger partial charge in [-0.25, -0.2) is 0 Å². The van der Waals surface area contributed by atoms with Crippen molar-refractivity contribution < 1.29 is 9.59 Å². The van der Waals surface area contributed by atoms with Crippen molar-refractivity contribution in [3.8, 4) is 11.1 Å². The van der Waals surface area contributed by atoms with E-state index in [1.807, 2.05) is 42.5 Å². The van der Waals surface area contributed by atoms with Crippen molar-refractivity contribution in [2.24, 2.45) is 0 Å². The number of thiocarbonyl (C=S) groups is 1. The molecule has 0 atom stereocenters. The summed E-state index contributed by atoms with van der Waals surface area (Å²) >= 11 is 5.28. The highest BCUT2D eigenvalue weighted by atomic mass is 32.1. The molecule has 6 heteroatoms. The van der Waals surface area contributed by atoms with E-state index in [2.05, 4.69) is 16.0 Å². The minimum Gasteiger partial charge on any atom is -0.349 e. The topological polar surface area (TPSA) is 70.2 Å². The first-order valence-corrected chi connectivity index (χ1v) is 11.7. The number of hydrogen-bond donors (Lipinski definition) is 3. The molecule has 0 bridgehead atoms. The van der Waals surface area contributed by atoms with Gasteiger partial charge in [-0.2, -0.15) is 0 Å². The molecule has 4 rings (SSSR count). The molecule has 3 N–H and O–H groups in total. The monoisotopic (exact) mass is 457 g/mol. The molecule has 1 fully saturated rings. The predicted molar refractivity (Wildman–Crippen MR) is 136 cm³/mol. The van der Waals surface area contributed by atoms with Gasteiger partial charge in [-0.3, -0.25) is 14.9 Å². The summed E-state index contributed by atoms with van der Waals surface area (Å²) in [4.78, 5) is 25.0. The highest BCUT2D eigenvalue weighted by Crippen LogP contribution is 2.20. The zero-order chi connectivity index (χ0) is 23.0. The number of benzene rings is 3.